The van der Waals surface area contributed by atoms with Crippen LogP contribution in [0.3, 0.4) is 0 Å². The van der Waals surface area contributed by atoms with Crippen molar-refractivity contribution in [1.29, 1.82) is 0 Å². The van der Waals surface area contributed by atoms with Crippen LogP contribution in [-0.2, 0) is 15.9 Å². The van der Waals surface area contributed by atoms with E-state index in [0.29, 0.717) is 31.0 Å². The Morgan fingerprint density at radius 2 is 1.87 bits per heavy atom. The highest BCUT2D eigenvalue weighted by Crippen LogP contribution is 2.35. The first-order valence-corrected chi connectivity index (χ1v) is 10.4. The summed E-state index contributed by atoms with van der Waals surface area (Å²) >= 11 is 11.1. The van der Waals surface area contributed by atoms with Crippen LogP contribution in [0.4, 0.5) is 18.9 Å². The monoisotopic (exact) mass is 469 g/mol. The zero-order chi connectivity index (χ0) is 22.1. The third-order valence-corrected chi connectivity index (χ3v) is 5.57. The number of nitrogens with zero attached hydrogens (tertiary/aromatic N) is 1. The molecule has 5 nitrogen and oxygen atoms in total. The molecule has 2 aromatic carbocycles. The smallest absolute Gasteiger partial charge is 0.375 e. The first-order chi connectivity index (χ1) is 14.7. The van der Waals surface area contributed by atoms with Crippen LogP contribution >= 0.6 is 23.8 Å². The number of thiocarbonyl (C=S) groups is 1. The highest BCUT2D eigenvalue weighted by atomic mass is 35.5. The molecule has 4 rings (SSSR count). The van der Waals surface area contributed by atoms with Gasteiger partial charge in [0.05, 0.1) is 11.3 Å². The van der Waals surface area contributed by atoms with Gasteiger partial charge < -0.3 is 10.2 Å². The van der Waals surface area contributed by atoms with Gasteiger partial charge in [0.25, 0.3) is 5.17 Å². The maximum atomic E-state index is 12.8. The number of rotatable bonds is 3. The molecule has 2 aromatic rings. The molecule has 2 aliphatic rings. The maximum absolute atomic E-state index is 12.8. The lowest BCUT2D eigenvalue weighted by Crippen LogP contribution is -2.45. The van der Waals surface area contributed by atoms with Gasteiger partial charge in [0.1, 0.15) is 5.60 Å². The van der Waals surface area contributed by atoms with E-state index in [4.69, 9.17) is 33.5 Å². The maximum Gasteiger partial charge on any atom is 0.416 e. The van der Waals surface area contributed by atoms with Crippen molar-refractivity contribution in [3.63, 3.8) is 0 Å². The van der Waals surface area contributed by atoms with E-state index in [1.165, 1.54) is 12.1 Å². The van der Waals surface area contributed by atoms with Crippen LogP contribution in [0.15, 0.2) is 54.6 Å². The van der Waals surface area contributed by atoms with E-state index in [9.17, 15) is 13.2 Å². The molecule has 0 amide bonds. The Balaban J connectivity index is 1.31. The molecule has 1 fully saturated rings. The predicted octanol–water partition coefficient (Wildman–Crippen LogP) is 5.40. The van der Waals surface area contributed by atoms with Crippen LogP contribution in [0, 0.1) is 0 Å². The Morgan fingerprint density at radius 3 is 2.55 bits per heavy atom. The van der Waals surface area contributed by atoms with Crippen molar-refractivity contribution in [2.45, 2.75) is 24.6 Å². The standard InChI is InChI=1S/C21H19ClF3N3O2S/c22-16-6-4-14(5-7-16)18-13-20(30-27-18)8-10-28(11-9-20)29-19(31)26-17-3-1-2-15(12-17)21(23,24)25/h1-7,12-13,27H,8-11H2,(H,26,31). The second kappa shape index (κ2) is 8.66. The summed E-state index contributed by atoms with van der Waals surface area (Å²) in [6.45, 7) is 1.08. The van der Waals surface area contributed by atoms with Crippen molar-refractivity contribution in [3.8, 4) is 0 Å². The number of piperidine rings is 1. The molecule has 0 atom stereocenters. The highest BCUT2D eigenvalue weighted by Gasteiger charge is 2.39. The first-order valence-electron chi connectivity index (χ1n) is 9.56. The molecular weight excluding hydrogens is 451 g/mol. The predicted molar refractivity (Wildman–Crippen MR) is 116 cm³/mol. The summed E-state index contributed by atoms with van der Waals surface area (Å²) in [5, 5.41) is 5.02. The van der Waals surface area contributed by atoms with Crippen molar-refractivity contribution < 1.29 is 22.8 Å². The number of benzene rings is 2. The van der Waals surface area contributed by atoms with Crippen molar-refractivity contribution in [2.24, 2.45) is 0 Å². The fraction of sp³-hybridized carbons (Fsp3) is 0.286. The number of alkyl halides is 3. The van der Waals surface area contributed by atoms with Crippen LogP contribution < -0.4 is 10.8 Å². The van der Waals surface area contributed by atoms with Gasteiger partial charge in [0.15, 0.2) is 0 Å². The fourth-order valence-electron chi connectivity index (χ4n) is 3.48. The van der Waals surface area contributed by atoms with Crippen molar-refractivity contribution in [2.75, 3.05) is 18.4 Å². The molecule has 0 saturated carbocycles. The third-order valence-electron chi connectivity index (χ3n) is 5.14. The quantitative estimate of drug-likeness (QED) is 0.587. The Bertz CT molecular complexity index is 990. The molecule has 2 N–H and O–H groups in total. The van der Waals surface area contributed by atoms with E-state index in [1.807, 2.05) is 24.3 Å². The second-order valence-electron chi connectivity index (χ2n) is 7.35. The number of hydroxylamine groups is 3. The van der Waals surface area contributed by atoms with E-state index in [1.54, 1.807) is 5.06 Å². The molecule has 0 aliphatic carbocycles. The lowest BCUT2D eigenvalue weighted by Gasteiger charge is -2.35. The molecule has 31 heavy (non-hydrogen) atoms. The lowest BCUT2D eigenvalue weighted by atomic mass is 9.91. The minimum absolute atomic E-state index is 0.0156. The third kappa shape index (κ3) is 5.30. The number of hydrogen-bond acceptors (Lipinski definition) is 5. The number of nitrogens with one attached hydrogen (secondary N) is 2. The molecular formula is C21H19ClF3N3O2S. The summed E-state index contributed by atoms with van der Waals surface area (Å²) in [4.78, 5) is 11.5. The summed E-state index contributed by atoms with van der Waals surface area (Å²) < 4.78 is 38.5. The molecule has 0 unspecified atom stereocenters. The topological polar surface area (TPSA) is 45.8 Å². The molecule has 10 heteroatoms. The molecule has 0 bridgehead atoms. The normalized spacial score (nSPS) is 18.4. The summed E-state index contributed by atoms with van der Waals surface area (Å²) in [7, 11) is 0. The highest BCUT2D eigenvalue weighted by molar-refractivity contribution is 7.80. The minimum atomic E-state index is -4.42. The molecule has 2 aliphatic heterocycles. The van der Waals surface area contributed by atoms with Gasteiger partial charge in [0, 0.05) is 23.8 Å². The Hall–Kier alpha value is -2.33. The fourth-order valence-corrected chi connectivity index (χ4v) is 3.83. The van der Waals surface area contributed by atoms with Gasteiger partial charge in [-0.1, -0.05) is 29.8 Å². The summed E-state index contributed by atoms with van der Waals surface area (Å²) in [5.41, 5.74) is 3.85. The summed E-state index contributed by atoms with van der Waals surface area (Å²) in [6, 6.07) is 12.3. The lowest BCUT2D eigenvalue weighted by molar-refractivity contribution is -0.142. The van der Waals surface area contributed by atoms with Gasteiger partial charge in [-0.2, -0.15) is 13.2 Å². The molecule has 1 saturated heterocycles. The van der Waals surface area contributed by atoms with Gasteiger partial charge >= 0.3 is 6.18 Å². The zero-order valence-corrected chi connectivity index (χ0v) is 17.8. The average Bonchev–Trinajstić information content (AvgIpc) is 3.14. The van der Waals surface area contributed by atoms with Gasteiger partial charge in [-0.25, -0.2) is 0 Å². The molecule has 164 valence electrons. The number of hydrogen-bond donors (Lipinski definition) is 2. The Morgan fingerprint density at radius 1 is 1.16 bits per heavy atom. The first kappa shape index (κ1) is 21.9. The summed E-state index contributed by atoms with van der Waals surface area (Å²) in [5.74, 6) is 0. The van der Waals surface area contributed by atoms with Gasteiger partial charge in [-0.15, -0.1) is 5.06 Å². The molecule has 0 radical (unpaired) electrons. The largest absolute Gasteiger partial charge is 0.416 e. The van der Waals surface area contributed by atoms with E-state index in [-0.39, 0.29) is 10.9 Å². The van der Waals surface area contributed by atoms with Crippen molar-refractivity contribution >= 4 is 40.4 Å². The zero-order valence-electron chi connectivity index (χ0n) is 16.2. The average molecular weight is 470 g/mol. The van der Waals surface area contributed by atoms with Gasteiger partial charge in [-0.3, -0.25) is 10.3 Å². The van der Waals surface area contributed by atoms with Crippen molar-refractivity contribution in [3.05, 3.63) is 70.8 Å². The van der Waals surface area contributed by atoms with Gasteiger partial charge in [-0.05, 0) is 67.0 Å². The van der Waals surface area contributed by atoms with Crippen LogP contribution in [0.2, 0.25) is 5.02 Å². The van der Waals surface area contributed by atoms with Crippen molar-refractivity contribution in [1.82, 2.24) is 10.5 Å². The van der Waals surface area contributed by atoms with Crippen LogP contribution in [0.5, 0.6) is 0 Å². The van der Waals surface area contributed by atoms with Gasteiger partial charge in [0.2, 0.25) is 0 Å². The molecule has 0 aromatic heterocycles. The van der Waals surface area contributed by atoms with Crippen LogP contribution in [0.1, 0.15) is 24.0 Å². The molecule has 2 heterocycles. The minimum Gasteiger partial charge on any atom is -0.375 e. The Labute approximate surface area is 187 Å². The van der Waals surface area contributed by atoms with E-state index >= 15 is 0 Å². The second-order valence-corrected chi connectivity index (χ2v) is 8.15. The van der Waals surface area contributed by atoms with Crippen LogP contribution in [0.25, 0.3) is 5.70 Å². The van der Waals surface area contributed by atoms with Crippen LogP contribution in [-0.4, -0.2) is 28.9 Å². The SMILES string of the molecule is FC(F)(F)c1cccc(NC(=S)ON2CCC3(C=C(c4ccc(Cl)cc4)NO3)CC2)c1. The van der Waals surface area contributed by atoms with E-state index < -0.39 is 17.3 Å². The summed E-state index contributed by atoms with van der Waals surface area (Å²) in [6.07, 6.45) is -1.05. The van der Waals surface area contributed by atoms with E-state index in [0.717, 1.165) is 23.4 Å². The Kier molecular flexibility index (Phi) is 6.11. The van der Waals surface area contributed by atoms with E-state index in [2.05, 4.69) is 16.9 Å². The number of halogens is 4. The number of anilines is 1. The molecule has 1 spiro atoms.